The van der Waals surface area contributed by atoms with Gasteiger partial charge in [0.25, 0.3) is 5.91 Å². The number of rotatable bonds is 7. The van der Waals surface area contributed by atoms with Crippen molar-refractivity contribution in [2.75, 3.05) is 5.32 Å². The number of benzene rings is 3. The van der Waals surface area contributed by atoms with E-state index in [1.54, 1.807) is 54.1 Å². The number of anilines is 1. The molecular weight excluding hydrogens is 511 g/mol. The average molecular weight is 531 g/mol. The molecule has 0 aliphatic heterocycles. The third-order valence-electron chi connectivity index (χ3n) is 5.52. The van der Waals surface area contributed by atoms with Crippen molar-refractivity contribution in [3.8, 4) is 0 Å². The van der Waals surface area contributed by atoms with Crippen LogP contribution in [0, 0.1) is 0 Å². The number of aliphatic carboxylic acids is 1. The standard InChI is InChI=1S/C25H20Cl2N2O5S/c1-29-21-10-9-20(26)24(27)19(21)13-22(29)25(32)28-17-5-7-18(8-6-17)35(33,34)14-16-4-2-3-15(11-16)12-23(30)31/h2-11,13H,12,14H2,1H3,(H,28,32)(H,30,31). The van der Waals surface area contributed by atoms with Gasteiger partial charge in [-0.1, -0.05) is 47.5 Å². The fourth-order valence-electron chi connectivity index (χ4n) is 3.81. The second kappa shape index (κ2) is 9.73. The van der Waals surface area contributed by atoms with Gasteiger partial charge in [0.1, 0.15) is 5.69 Å². The fraction of sp³-hybridized carbons (Fsp3) is 0.120. The van der Waals surface area contributed by atoms with E-state index in [1.807, 2.05) is 0 Å². The highest BCUT2D eigenvalue weighted by Gasteiger charge is 2.18. The first kappa shape index (κ1) is 24.8. The number of nitrogens with one attached hydrogen (secondary N) is 1. The van der Waals surface area contributed by atoms with E-state index in [-0.39, 0.29) is 23.0 Å². The van der Waals surface area contributed by atoms with Gasteiger partial charge in [-0.25, -0.2) is 8.42 Å². The molecule has 2 N–H and O–H groups in total. The summed E-state index contributed by atoms with van der Waals surface area (Å²) in [5.74, 6) is -1.65. The van der Waals surface area contributed by atoms with Crippen LogP contribution < -0.4 is 5.32 Å². The van der Waals surface area contributed by atoms with E-state index in [1.165, 1.54) is 24.3 Å². The van der Waals surface area contributed by atoms with Gasteiger partial charge in [-0.2, -0.15) is 0 Å². The van der Waals surface area contributed by atoms with Crippen LogP contribution in [0.1, 0.15) is 21.6 Å². The van der Waals surface area contributed by atoms with Crippen LogP contribution in [0.25, 0.3) is 10.9 Å². The van der Waals surface area contributed by atoms with Crippen molar-refractivity contribution in [2.45, 2.75) is 17.1 Å². The predicted octanol–water partition coefficient (Wildman–Crippen LogP) is 5.34. The number of carboxylic acid groups (broad SMARTS) is 1. The summed E-state index contributed by atoms with van der Waals surface area (Å²) in [7, 11) is -1.94. The zero-order valence-electron chi connectivity index (χ0n) is 18.5. The first-order valence-electron chi connectivity index (χ1n) is 10.4. The Morgan fingerprint density at radius 2 is 1.66 bits per heavy atom. The lowest BCUT2D eigenvalue weighted by Crippen LogP contribution is -2.15. The minimum absolute atomic E-state index is 0.0881. The SMILES string of the molecule is Cn1c(C(=O)Nc2ccc(S(=O)(=O)Cc3cccc(CC(=O)O)c3)cc2)cc2c(Cl)c(Cl)ccc21. The number of fused-ring (bicyclic) bond motifs is 1. The van der Waals surface area contributed by atoms with Gasteiger partial charge in [-0.15, -0.1) is 0 Å². The predicted molar refractivity (Wildman–Crippen MR) is 136 cm³/mol. The van der Waals surface area contributed by atoms with E-state index >= 15 is 0 Å². The molecule has 0 aliphatic rings. The zero-order valence-corrected chi connectivity index (χ0v) is 20.8. The minimum Gasteiger partial charge on any atom is -0.481 e. The number of carbonyl (C=O) groups is 2. The molecule has 3 aromatic carbocycles. The van der Waals surface area contributed by atoms with Gasteiger partial charge in [-0.3, -0.25) is 9.59 Å². The van der Waals surface area contributed by atoms with Crippen LogP contribution in [0.4, 0.5) is 5.69 Å². The number of carboxylic acids is 1. The summed E-state index contributed by atoms with van der Waals surface area (Å²) >= 11 is 12.3. The van der Waals surface area contributed by atoms with Crippen molar-refractivity contribution in [2.24, 2.45) is 7.05 Å². The number of aromatic nitrogens is 1. The zero-order chi connectivity index (χ0) is 25.3. The quantitative estimate of drug-likeness (QED) is 0.335. The Morgan fingerprint density at radius 1 is 0.971 bits per heavy atom. The molecule has 1 heterocycles. The molecule has 10 heteroatoms. The maximum absolute atomic E-state index is 12.9. The number of nitrogens with zero attached hydrogens (tertiary/aromatic N) is 1. The normalized spacial score (nSPS) is 11.5. The molecule has 0 saturated heterocycles. The summed E-state index contributed by atoms with van der Waals surface area (Å²) in [5.41, 5.74) is 2.56. The average Bonchev–Trinajstić information content (AvgIpc) is 3.13. The largest absolute Gasteiger partial charge is 0.481 e. The van der Waals surface area contributed by atoms with Crippen LogP contribution in [-0.4, -0.2) is 30.0 Å². The van der Waals surface area contributed by atoms with Crippen molar-refractivity contribution >= 4 is 61.5 Å². The van der Waals surface area contributed by atoms with Crippen molar-refractivity contribution in [1.82, 2.24) is 4.57 Å². The van der Waals surface area contributed by atoms with E-state index < -0.39 is 15.8 Å². The molecule has 4 rings (SSSR count). The Bertz CT molecular complexity index is 1560. The topological polar surface area (TPSA) is 105 Å². The molecule has 180 valence electrons. The smallest absolute Gasteiger partial charge is 0.307 e. The highest BCUT2D eigenvalue weighted by atomic mass is 35.5. The molecule has 0 radical (unpaired) electrons. The van der Waals surface area contributed by atoms with E-state index in [0.29, 0.717) is 37.9 Å². The summed E-state index contributed by atoms with van der Waals surface area (Å²) in [5, 5.41) is 13.1. The van der Waals surface area contributed by atoms with Gasteiger partial charge in [0.05, 0.1) is 27.1 Å². The van der Waals surface area contributed by atoms with Gasteiger partial charge in [0.15, 0.2) is 9.84 Å². The summed E-state index contributed by atoms with van der Waals surface area (Å²) in [6.45, 7) is 0. The van der Waals surface area contributed by atoms with Crippen molar-refractivity contribution in [1.29, 1.82) is 0 Å². The maximum Gasteiger partial charge on any atom is 0.307 e. The molecule has 35 heavy (non-hydrogen) atoms. The highest BCUT2D eigenvalue weighted by Crippen LogP contribution is 2.32. The molecule has 4 aromatic rings. The van der Waals surface area contributed by atoms with E-state index in [9.17, 15) is 18.0 Å². The van der Waals surface area contributed by atoms with E-state index in [4.69, 9.17) is 28.3 Å². The van der Waals surface area contributed by atoms with Gasteiger partial charge in [0.2, 0.25) is 0 Å². The first-order chi connectivity index (χ1) is 16.5. The van der Waals surface area contributed by atoms with Gasteiger partial charge >= 0.3 is 5.97 Å². The van der Waals surface area contributed by atoms with E-state index in [2.05, 4.69) is 5.32 Å². The second-order valence-electron chi connectivity index (χ2n) is 8.01. The van der Waals surface area contributed by atoms with Gasteiger partial charge in [0, 0.05) is 23.6 Å². The van der Waals surface area contributed by atoms with Crippen molar-refractivity contribution in [3.63, 3.8) is 0 Å². The van der Waals surface area contributed by atoms with Crippen LogP contribution in [0.5, 0.6) is 0 Å². The van der Waals surface area contributed by atoms with Crippen LogP contribution in [0.15, 0.2) is 71.6 Å². The Balaban J connectivity index is 1.51. The number of hydrogen-bond donors (Lipinski definition) is 2. The molecule has 0 bridgehead atoms. The van der Waals surface area contributed by atoms with Crippen LogP contribution in [0.3, 0.4) is 0 Å². The number of aryl methyl sites for hydroxylation is 1. The summed E-state index contributed by atoms with van der Waals surface area (Å²) in [6, 6.07) is 17.4. The van der Waals surface area contributed by atoms with Gasteiger partial charge < -0.3 is 15.0 Å². The first-order valence-corrected chi connectivity index (χ1v) is 12.8. The molecule has 1 amide bonds. The van der Waals surface area contributed by atoms with Gasteiger partial charge in [-0.05, 0) is 53.6 Å². The molecule has 0 aliphatic carbocycles. The molecule has 0 unspecified atom stereocenters. The maximum atomic E-state index is 12.9. The summed E-state index contributed by atoms with van der Waals surface area (Å²) < 4.78 is 27.4. The lowest BCUT2D eigenvalue weighted by Gasteiger charge is -2.09. The molecule has 0 saturated carbocycles. The third kappa shape index (κ3) is 5.35. The summed E-state index contributed by atoms with van der Waals surface area (Å²) in [4.78, 5) is 23.9. The number of carbonyl (C=O) groups excluding carboxylic acids is 1. The molecule has 0 fully saturated rings. The van der Waals surface area contributed by atoms with Crippen LogP contribution in [0.2, 0.25) is 10.0 Å². The fourth-order valence-corrected chi connectivity index (χ4v) is 5.53. The van der Waals surface area contributed by atoms with Crippen molar-refractivity contribution < 1.29 is 23.1 Å². The molecular formula is C25H20Cl2N2O5S. The lowest BCUT2D eigenvalue weighted by atomic mass is 10.1. The third-order valence-corrected chi connectivity index (χ3v) is 8.04. The molecule has 7 nitrogen and oxygen atoms in total. The Kier molecular flexibility index (Phi) is 6.89. The molecule has 0 spiro atoms. The molecule has 1 aromatic heterocycles. The highest BCUT2D eigenvalue weighted by molar-refractivity contribution is 7.90. The Labute approximate surface area is 211 Å². The lowest BCUT2D eigenvalue weighted by molar-refractivity contribution is -0.136. The van der Waals surface area contributed by atoms with Crippen molar-refractivity contribution in [3.05, 3.63) is 93.6 Å². The van der Waals surface area contributed by atoms with Crippen LogP contribution >= 0.6 is 23.2 Å². The minimum atomic E-state index is -3.68. The monoisotopic (exact) mass is 530 g/mol. The number of halogens is 2. The number of sulfone groups is 1. The molecule has 0 atom stereocenters. The summed E-state index contributed by atoms with van der Waals surface area (Å²) in [6.07, 6.45) is -0.182. The number of hydrogen-bond acceptors (Lipinski definition) is 4. The van der Waals surface area contributed by atoms with E-state index in [0.717, 1.165) is 5.52 Å². The Hall–Kier alpha value is -3.33. The second-order valence-corrected chi connectivity index (χ2v) is 10.8. The Morgan fingerprint density at radius 3 is 2.34 bits per heavy atom. The van der Waals surface area contributed by atoms with Crippen LogP contribution in [-0.2, 0) is 33.9 Å². The number of amides is 1.